The van der Waals surface area contributed by atoms with Gasteiger partial charge in [-0.2, -0.15) is 18.3 Å². The quantitative estimate of drug-likeness (QED) is 0.808. The van der Waals surface area contributed by atoms with E-state index < -0.39 is 11.7 Å². The number of nitrogens with one attached hydrogen (secondary N) is 1. The van der Waals surface area contributed by atoms with Gasteiger partial charge in [-0.15, -0.1) is 0 Å². The third kappa shape index (κ3) is 3.16. The Bertz CT molecular complexity index is 1000. The first-order valence-electron chi connectivity index (χ1n) is 7.98. The van der Waals surface area contributed by atoms with E-state index in [-0.39, 0.29) is 24.6 Å². The number of amidine groups is 1. The zero-order valence-corrected chi connectivity index (χ0v) is 14.5. The Kier molecular flexibility index (Phi) is 4.15. The van der Waals surface area contributed by atoms with E-state index in [0.717, 1.165) is 12.1 Å². The molecule has 4 rings (SSSR count). The second kappa shape index (κ2) is 6.38. The molecule has 1 amide bonds. The van der Waals surface area contributed by atoms with E-state index in [9.17, 15) is 18.0 Å². The highest BCUT2D eigenvalue weighted by Crippen LogP contribution is 2.36. The highest BCUT2D eigenvalue weighted by atomic mass is 35.5. The van der Waals surface area contributed by atoms with Gasteiger partial charge in [0.05, 0.1) is 23.5 Å². The topological polar surface area (TPSA) is 57.1 Å². The van der Waals surface area contributed by atoms with E-state index in [1.54, 1.807) is 29.2 Å². The van der Waals surface area contributed by atoms with Gasteiger partial charge in [-0.05, 0) is 24.3 Å². The molecule has 1 N–H and O–H groups in total. The molecule has 0 fully saturated rings. The number of aliphatic imine (C=N–C) groups is 1. The number of hydrogen-bond donors (Lipinski definition) is 1. The zero-order valence-electron chi connectivity index (χ0n) is 13.7. The molecule has 0 aliphatic carbocycles. The molecule has 9 heteroatoms. The summed E-state index contributed by atoms with van der Waals surface area (Å²) < 4.78 is 39.9. The number of alkyl halides is 3. The maximum atomic E-state index is 13.3. The second-order valence-electron chi connectivity index (χ2n) is 6.02. The zero-order chi connectivity index (χ0) is 19.2. The molecule has 0 saturated heterocycles. The fourth-order valence-electron chi connectivity index (χ4n) is 3.06. The van der Waals surface area contributed by atoms with E-state index >= 15 is 0 Å². The first-order chi connectivity index (χ1) is 12.8. The normalized spacial score (nSPS) is 16.6. The number of anilines is 1. The third-order valence-corrected chi connectivity index (χ3v) is 4.63. The molecule has 2 aromatic rings. The van der Waals surface area contributed by atoms with Crippen LogP contribution in [0.2, 0.25) is 5.02 Å². The standard InChI is InChI=1S/C18H12ClF3N4O/c19-13-4-2-1-3-11(13)17-12-7-10(18(20,21)22)5-6-14(12)26-9-16(27)25-24-15(26)8-23-17/h1-7H,8-9H2,(H,25,27). The van der Waals surface area contributed by atoms with Crippen LogP contribution in [0.3, 0.4) is 0 Å². The first kappa shape index (κ1) is 17.5. The number of fused-ring (bicyclic) bond motifs is 3. The maximum Gasteiger partial charge on any atom is 0.416 e. The number of carbonyl (C=O) groups is 1. The maximum absolute atomic E-state index is 13.3. The molecule has 2 aliphatic rings. The van der Waals surface area contributed by atoms with Crippen molar-refractivity contribution in [2.75, 3.05) is 18.0 Å². The highest BCUT2D eigenvalue weighted by molar-refractivity contribution is 6.36. The van der Waals surface area contributed by atoms with Gasteiger partial charge >= 0.3 is 6.18 Å². The van der Waals surface area contributed by atoms with Crippen molar-refractivity contribution in [2.24, 2.45) is 10.1 Å². The molecule has 0 bridgehead atoms. The summed E-state index contributed by atoms with van der Waals surface area (Å²) >= 11 is 6.27. The van der Waals surface area contributed by atoms with Crippen molar-refractivity contribution in [3.8, 4) is 0 Å². The van der Waals surface area contributed by atoms with Crippen molar-refractivity contribution in [3.63, 3.8) is 0 Å². The smallest absolute Gasteiger partial charge is 0.317 e. The van der Waals surface area contributed by atoms with Gasteiger partial charge in [0.1, 0.15) is 6.54 Å². The molecule has 0 unspecified atom stereocenters. The van der Waals surface area contributed by atoms with E-state index in [1.807, 2.05) is 0 Å². The Morgan fingerprint density at radius 1 is 1.11 bits per heavy atom. The minimum absolute atomic E-state index is 0.0531. The lowest BCUT2D eigenvalue weighted by atomic mass is 9.97. The molecule has 0 saturated carbocycles. The van der Waals surface area contributed by atoms with Crippen LogP contribution in [0.15, 0.2) is 52.6 Å². The second-order valence-corrected chi connectivity index (χ2v) is 6.43. The summed E-state index contributed by atoms with van der Waals surface area (Å²) in [6, 6.07) is 10.2. The summed E-state index contributed by atoms with van der Waals surface area (Å²) in [4.78, 5) is 17.8. The SMILES string of the molecule is O=C1CN2C(=NN1)CN=C(c1ccccc1Cl)c1cc(C(F)(F)F)ccc12. The Labute approximate surface area is 157 Å². The molecular formula is C18H12ClF3N4O. The Balaban J connectivity index is 1.96. The van der Waals surface area contributed by atoms with Gasteiger partial charge in [-0.1, -0.05) is 29.8 Å². The number of halogens is 4. The van der Waals surface area contributed by atoms with Gasteiger partial charge in [0.25, 0.3) is 5.91 Å². The van der Waals surface area contributed by atoms with Gasteiger partial charge in [0.15, 0.2) is 5.84 Å². The van der Waals surface area contributed by atoms with Crippen molar-refractivity contribution in [1.82, 2.24) is 5.43 Å². The lowest BCUT2D eigenvalue weighted by Gasteiger charge is -2.28. The molecule has 2 heterocycles. The largest absolute Gasteiger partial charge is 0.416 e. The van der Waals surface area contributed by atoms with Crippen LogP contribution in [0, 0.1) is 0 Å². The Morgan fingerprint density at radius 2 is 1.89 bits per heavy atom. The van der Waals surface area contributed by atoms with Gasteiger partial charge in [-0.3, -0.25) is 9.79 Å². The number of hydrazone groups is 1. The van der Waals surface area contributed by atoms with Gasteiger partial charge in [-0.25, -0.2) is 5.43 Å². The van der Waals surface area contributed by atoms with Crippen molar-refractivity contribution in [2.45, 2.75) is 6.18 Å². The van der Waals surface area contributed by atoms with Crippen LogP contribution in [0.1, 0.15) is 16.7 Å². The number of amides is 1. The van der Waals surface area contributed by atoms with E-state index in [2.05, 4.69) is 15.5 Å². The molecule has 0 aromatic heterocycles. The summed E-state index contributed by atoms with van der Waals surface area (Å²) in [5.41, 5.74) is 3.08. The Morgan fingerprint density at radius 3 is 2.63 bits per heavy atom. The fourth-order valence-corrected chi connectivity index (χ4v) is 3.28. The summed E-state index contributed by atoms with van der Waals surface area (Å²) in [5, 5.41) is 4.36. The summed E-state index contributed by atoms with van der Waals surface area (Å²) in [5.74, 6) is 0.0865. The van der Waals surface area contributed by atoms with Crippen molar-refractivity contribution >= 4 is 34.7 Å². The van der Waals surface area contributed by atoms with Crippen LogP contribution in [0.25, 0.3) is 0 Å². The van der Waals surface area contributed by atoms with Crippen LogP contribution in [0.4, 0.5) is 18.9 Å². The van der Waals surface area contributed by atoms with Gasteiger partial charge in [0.2, 0.25) is 0 Å². The Hall–Kier alpha value is -2.87. The predicted octanol–water partition coefficient (Wildman–Crippen LogP) is 3.46. The minimum atomic E-state index is -4.51. The minimum Gasteiger partial charge on any atom is -0.317 e. The molecule has 2 aliphatic heterocycles. The first-order valence-corrected chi connectivity index (χ1v) is 8.36. The fraction of sp³-hybridized carbons (Fsp3) is 0.167. The molecule has 138 valence electrons. The average Bonchev–Trinajstić information content (AvgIpc) is 2.78. The van der Waals surface area contributed by atoms with Crippen LogP contribution in [-0.4, -0.2) is 30.5 Å². The van der Waals surface area contributed by atoms with Crippen LogP contribution in [-0.2, 0) is 11.0 Å². The van der Waals surface area contributed by atoms with E-state index in [0.29, 0.717) is 27.8 Å². The lowest BCUT2D eigenvalue weighted by molar-refractivity contribution is -0.137. The van der Waals surface area contributed by atoms with Gasteiger partial charge < -0.3 is 4.90 Å². The monoisotopic (exact) mass is 392 g/mol. The van der Waals surface area contributed by atoms with Crippen molar-refractivity contribution in [3.05, 3.63) is 64.2 Å². The summed E-state index contributed by atoms with van der Waals surface area (Å²) in [7, 11) is 0. The lowest BCUT2D eigenvalue weighted by Crippen LogP contribution is -2.46. The highest BCUT2D eigenvalue weighted by Gasteiger charge is 2.34. The number of hydrogen-bond acceptors (Lipinski definition) is 4. The van der Waals surface area contributed by atoms with Gasteiger partial charge in [0, 0.05) is 16.1 Å². The molecule has 27 heavy (non-hydrogen) atoms. The molecular weight excluding hydrogens is 381 g/mol. The average molecular weight is 393 g/mol. The van der Waals surface area contributed by atoms with Crippen LogP contribution in [0.5, 0.6) is 0 Å². The van der Waals surface area contributed by atoms with E-state index in [4.69, 9.17) is 11.6 Å². The number of rotatable bonds is 1. The predicted molar refractivity (Wildman–Crippen MR) is 96.3 cm³/mol. The summed E-state index contributed by atoms with van der Waals surface area (Å²) in [6.45, 7) is 0.0411. The van der Waals surface area contributed by atoms with E-state index in [1.165, 1.54) is 6.07 Å². The van der Waals surface area contributed by atoms with Crippen LogP contribution < -0.4 is 10.3 Å². The number of nitrogens with zero attached hydrogens (tertiary/aromatic N) is 3. The molecule has 0 atom stereocenters. The van der Waals surface area contributed by atoms with Crippen molar-refractivity contribution in [1.29, 1.82) is 0 Å². The molecule has 0 radical (unpaired) electrons. The third-order valence-electron chi connectivity index (χ3n) is 4.30. The number of benzene rings is 2. The molecule has 2 aromatic carbocycles. The molecule has 0 spiro atoms. The summed E-state index contributed by atoms with van der Waals surface area (Å²) in [6.07, 6.45) is -4.51. The van der Waals surface area contributed by atoms with Crippen molar-refractivity contribution < 1.29 is 18.0 Å². The van der Waals surface area contributed by atoms with Crippen LogP contribution >= 0.6 is 11.6 Å². The number of carbonyl (C=O) groups excluding carboxylic acids is 1. The molecule has 5 nitrogen and oxygen atoms in total.